The molecule has 96 valence electrons. The lowest BCUT2D eigenvalue weighted by molar-refractivity contribution is 0.776. The second kappa shape index (κ2) is 3.99. The second-order valence-electron chi connectivity index (χ2n) is 4.87. The number of thiophene rings is 1. The lowest BCUT2D eigenvalue weighted by Gasteiger charge is -2.06. The van der Waals surface area contributed by atoms with E-state index in [0.29, 0.717) is 6.04 Å². The molecule has 5 heteroatoms. The number of nitrogen functional groups attached to an aromatic ring is 1. The number of nitrogens with two attached hydrogens (primary N) is 1. The van der Waals surface area contributed by atoms with E-state index in [2.05, 4.69) is 10.6 Å². The van der Waals surface area contributed by atoms with Gasteiger partial charge in [0.1, 0.15) is 5.82 Å². The Balaban J connectivity index is 2.04. The number of halogens is 1. The number of rotatable bonds is 2. The quantitative estimate of drug-likeness (QED) is 0.763. The topological polar surface area (TPSA) is 43.8 Å². The summed E-state index contributed by atoms with van der Waals surface area (Å²) in [7, 11) is 0. The molecule has 4 rings (SSSR count). The van der Waals surface area contributed by atoms with Gasteiger partial charge in [-0.1, -0.05) is 11.6 Å². The number of hydrogen-bond donors (Lipinski definition) is 1. The van der Waals surface area contributed by atoms with Crippen molar-refractivity contribution >= 4 is 39.0 Å². The summed E-state index contributed by atoms with van der Waals surface area (Å²) in [5.41, 5.74) is 9.17. The van der Waals surface area contributed by atoms with Crippen molar-refractivity contribution in [1.29, 1.82) is 0 Å². The van der Waals surface area contributed by atoms with E-state index in [1.165, 1.54) is 12.8 Å². The minimum absolute atomic E-state index is 0.556. The van der Waals surface area contributed by atoms with Gasteiger partial charge in [0.2, 0.25) is 0 Å². The fourth-order valence-corrected chi connectivity index (χ4v) is 3.27. The molecular weight excluding hydrogens is 278 g/mol. The van der Waals surface area contributed by atoms with Gasteiger partial charge < -0.3 is 10.3 Å². The molecule has 1 aliphatic carbocycles. The number of nitrogens with zero attached hydrogens (tertiary/aromatic N) is 2. The molecule has 3 aromatic rings. The van der Waals surface area contributed by atoms with Crippen LogP contribution in [-0.2, 0) is 0 Å². The average Bonchev–Trinajstić information content (AvgIpc) is 3.03. The Morgan fingerprint density at radius 1 is 1.32 bits per heavy atom. The molecule has 1 saturated carbocycles. The molecule has 0 spiro atoms. The van der Waals surface area contributed by atoms with Gasteiger partial charge in [-0.2, -0.15) is 0 Å². The molecule has 1 aromatic carbocycles. The third-order valence-electron chi connectivity index (χ3n) is 3.50. The van der Waals surface area contributed by atoms with Gasteiger partial charge in [-0.25, -0.2) is 4.98 Å². The molecule has 0 aliphatic heterocycles. The van der Waals surface area contributed by atoms with Crippen molar-refractivity contribution in [2.24, 2.45) is 0 Å². The smallest absolute Gasteiger partial charge is 0.144 e. The molecule has 19 heavy (non-hydrogen) atoms. The third kappa shape index (κ3) is 1.75. The second-order valence-corrected chi connectivity index (χ2v) is 6.25. The number of benzene rings is 1. The zero-order valence-corrected chi connectivity index (χ0v) is 11.7. The number of imidazole rings is 1. The predicted octanol–water partition coefficient (Wildman–Crippen LogP) is 4.34. The highest BCUT2D eigenvalue weighted by molar-refractivity contribution is 7.14. The van der Waals surface area contributed by atoms with Crippen LogP contribution in [0.2, 0.25) is 5.02 Å². The van der Waals surface area contributed by atoms with Crippen LogP contribution in [0.25, 0.3) is 22.4 Å². The van der Waals surface area contributed by atoms with E-state index in [1.807, 2.05) is 23.6 Å². The van der Waals surface area contributed by atoms with Crippen molar-refractivity contribution < 1.29 is 0 Å². The first-order valence-electron chi connectivity index (χ1n) is 6.25. The molecule has 2 heterocycles. The van der Waals surface area contributed by atoms with E-state index < -0.39 is 0 Å². The zero-order chi connectivity index (χ0) is 13.0. The van der Waals surface area contributed by atoms with Gasteiger partial charge in [0.25, 0.3) is 0 Å². The number of anilines is 1. The van der Waals surface area contributed by atoms with Crippen LogP contribution in [0.1, 0.15) is 18.9 Å². The summed E-state index contributed by atoms with van der Waals surface area (Å²) in [6, 6.07) is 8.49. The van der Waals surface area contributed by atoms with E-state index in [4.69, 9.17) is 22.3 Å². The van der Waals surface area contributed by atoms with E-state index >= 15 is 0 Å². The molecule has 0 radical (unpaired) electrons. The van der Waals surface area contributed by atoms with Crippen LogP contribution in [0.5, 0.6) is 0 Å². The Kier molecular flexibility index (Phi) is 2.37. The maximum Gasteiger partial charge on any atom is 0.144 e. The molecule has 2 N–H and O–H groups in total. The van der Waals surface area contributed by atoms with E-state index in [9.17, 15) is 0 Å². The molecule has 0 amide bonds. The average molecular weight is 290 g/mol. The maximum atomic E-state index is 6.06. The monoisotopic (exact) mass is 289 g/mol. The Bertz CT molecular complexity index is 770. The van der Waals surface area contributed by atoms with Gasteiger partial charge >= 0.3 is 0 Å². The third-order valence-corrected chi connectivity index (χ3v) is 4.48. The first-order chi connectivity index (χ1) is 9.24. The van der Waals surface area contributed by atoms with Gasteiger partial charge in [-0.15, -0.1) is 11.3 Å². The van der Waals surface area contributed by atoms with Crippen LogP contribution in [0.15, 0.2) is 29.6 Å². The van der Waals surface area contributed by atoms with Crippen molar-refractivity contribution in [2.75, 3.05) is 5.73 Å². The summed E-state index contributed by atoms with van der Waals surface area (Å²) in [5, 5.41) is 3.55. The minimum Gasteiger partial charge on any atom is -0.390 e. The van der Waals surface area contributed by atoms with Crippen molar-refractivity contribution in [3.05, 3.63) is 34.7 Å². The molecule has 1 aliphatic rings. The molecule has 0 bridgehead atoms. The molecular formula is C14H12ClN3S. The number of fused-ring (bicyclic) bond motifs is 1. The highest BCUT2D eigenvalue weighted by atomic mass is 35.5. The fraction of sp³-hybridized carbons (Fsp3) is 0.214. The minimum atomic E-state index is 0.556. The first-order valence-corrected chi connectivity index (χ1v) is 7.50. The van der Waals surface area contributed by atoms with Crippen LogP contribution < -0.4 is 5.73 Å². The molecule has 0 unspecified atom stereocenters. The Hall–Kier alpha value is -1.52. The molecule has 0 atom stereocenters. The fourth-order valence-electron chi connectivity index (χ4n) is 2.47. The highest BCUT2D eigenvalue weighted by Crippen LogP contribution is 2.43. The summed E-state index contributed by atoms with van der Waals surface area (Å²) in [5.74, 6) is 0.971. The Morgan fingerprint density at radius 3 is 2.84 bits per heavy atom. The standard InChI is InChI=1S/C14H12ClN3S/c15-8-1-4-12-11(7-8)17-14(18(12)9-2-3-9)10-5-6-19-13(10)16/h1,4-7,9H,2-3,16H2. The lowest BCUT2D eigenvalue weighted by atomic mass is 10.3. The number of hydrogen-bond acceptors (Lipinski definition) is 3. The maximum absolute atomic E-state index is 6.06. The summed E-state index contributed by atoms with van der Waals surface area (Å²) in [6.45, 7) is 0. The molecule has 0 saturated heterocycles. The summed E-state index contributed by atoms with van der Waals surface area (Å²) in [6.07, 6.45) is 2.43. The Morgan fingerprint density at radius 2 is 2.16 bits per heavy atom. The van der Waals surface area contributed by atoms with Crippen LogP contribution in [0, 0.1) is 0 Å². The van der Waals surface area contributed by atoms with Gasteiger partial charge in [0.05, 0.1) is 21.6 Å². The van der Waals surface area contributed by atoms with Gasteiger partial charge in [-0.05, 0) is 42.5 Å². The van der Waals surface area contributed by atoms with Gasteiger partial charge in [0, 0.05) is 11.1 Å². The largest absolute Gasteiger partial charge is 0.390 e. The van der Waals surface area contributed by atoms with E-state index in [1.54, 1.807) is 11.3 Å². The normalized spacial score (nSPS) is 15.2. The van der Waals surface area contributed by atoms with E-state index in [-0.39, 0.29) is 0 Å². The Labute approximate surface area is 119 Å². The van der Waals surface area contributed by atoms with Crippen molar-refractivity contribution in [3.8, 4) is 11.4 Å². The zero-order valence-electron chi connectivity index (χ0n) is 10.1. The first kappa shape index (κ1) is 11.3. The lowest BCUT2D eigenvalue weighted by Crippen LogP contribution is -1.98. The van der Waals surface area contributed by atoms with Gasteiger partial charge in [-0.3, -0.25) is 0 Å². The van der Waals surface area contributed by atoms with Crippen LogP contribution in [0.3, 0.4) is 0 Å². The SMILES string of the molecule is Nc1sccc1-c1nc2cc(Cl)ccc2n1C1CC1. The van der Waals surface area contributed by atoms with Crippen LogP contribution >= 0.6 is 22.9 Å². The summed E-state index contributed by atoms with van der Waals surface area (Å²) in [4.78, 5) is 4.74. The number of aromatic nitrogens is 2. The van der Waals surface area contributed by atoms with Gasteiger partial charge in [0.15, 0.2) is 0 Å². The highest BCUT2D eigenvalue weighted by Gasteiger charge is 2.29. The summed E-state index contributed by atoms with van der Waals surface area (Å²) < 4.78 is 2.31. The molecule has 1 fully saturated rings. The predicted molar refractivity (Wildman–Crippen MR) is 80.7 cm³/mol. The molecule has 2 aromatic heterocycles. The van der Waals surface area contributed by atoms with Crippen LogP contribution in [0.4, 0.5) is 5.00 Å². The van der Waals surface area contributed by atoms with Crippen molar-refractivity contribution in [3.63, 3.8) is 0 Å². The summed E-state index contributed by atoms with van der Waals surface area (Å²) >= 11 is 7.61. The van der Waals surface area contributed by atoms with Crippen molar-refractivity contribution in [1.82, 2.24) is 9.55 Å². The van der Waals surface area contributed by atoms with Crippen LogP contribution in [-0.4, -0.2) is 9.55 Å². The molecule has 3 nitrogen and oxygen atoms in total. The van der Waals surface area contributed by atoms with E-state index in [0.717, 1.165) is 32.4 Å². The van der Waals surface area contributed by atoms with Crippen molar-refractivity contribution in [2.45, 2.75) is 18.9 Å².